The molecular weight excluding hydrogens is 510 g/mol. The number of carbonyl (C=O) groups is 1. The molecule has 0 atom stereocenters. The fourth-order valence-corrected chi connectivity index (χ4v) is 6.09. The second-order valence-corrected chi connectivity index (χ2v) is 12.5. The molecular formula is C26H33N5O4S2. The fourth-order valence-electron chi connectivity index (χ4n) is 4.00. The molecule has 1 aromatic carbocycles. The van der Waals surface area contributed by atoms with Gasteiger partial charge in [0.15, 0.2) is 0 Å². The minimum absolute atomic E-state index is 0.0448. The summed E-state index contributed by atoms with van der Waals surface area (Å²) in [6.45, 7) is 0.963. The molecule has 198 valence electrons. The van der Waals surface area contributed by atoms with Crippen molar-refractivity contribution < 1.29 is 17.9 Å². The summed E-state index contributed by atoms with van der Waals surface area (Å²) < 4.78 is 33.1. The molecule has 0 radical (unpaired) electrons. The highest BCUT2D eigenvalue weighted by Crippen LogP contribution is 2.34. The number of thiophene rings is 1. The van der Waals surface area contributed by atoms with Crippen molar-refractivity contribution in [3.8, 4) is 27.6 Å². The number of aromatic nitrogens is 2. The minimum Gasteiger partial charge on any atom is -0.495 e. The van der Waals surface area contributed by atoms with Crippen LogP contribution in [0.25, 0.3) is 21.8 Å². The normalized spacial score (nSPS) is 14.1. The average molecular weight is 544 g/mol. The van der Waals surface area contributed by atoms with Crippen LogP contribution in [-0.4, -0.2) is 74.8 Å². The Kier molecular flexibility index (Phi) is 8.58. The van der Waals surface area contributed by atoms with Gasteiger partial charge in [-0.05, 0) is 51.1 Å². The number of likely N-dealkylation sites (N-methyl/N-ethyl adjacent to an activating group) is 2. The molecule has 3 aromatic rings. The summed E-state index contributed by atoms with van der Waals surface area (Å²) in [6.07, 6.45) is 7.36. The van der Waals surface area contributed by atoms with Crippen LogP contribution in [0, 0.1) is 5.92 Å². The van der Waals surface area contributed by atoms with Gasteiger partial charge < -0.3 is 15.0 Å². The number of nitrogens with one attached hydrogen (secondary N) is 1. The Morgan fingerprint density at radius 3 is 2.57 bits per heavy atom. The van der Waals surface area contributed by atoms with E-state index >= 15 is 0 Å². The number of anilines is 1. The molecule has 2 heterocycles. The van der Waals surface area contributed by atoms with Crippen molar-refractivity contribution in [2.24, 2.45) is 5.92 Å². The van der Waals surface area contributed by atoms with Gasteiger partial charge in [-0.3, -0.25) is 9.78 Å². The van der Waals surface area contributed by atoms with Crippen LogP contribution in [-0.2, 0) is 14.8 Å². The highest BCUT2D eigenvalue weighted by molar-refractivity contribution is 7.89. The summed E-state index contributed by atoms with van der Waals surface area (Å²) in [5, 5.41) is 4.88. The van der Waals surface area contributed by atoms with Crippen LogP contribution in [0.2, 0.25) is 0 Å². The third kappa shape index (κ3) is 6.53. The average Bonchev–Trinajstić information content (AvgIpc) is 3.32. The summed E-state index contributed by atoms with van der Waals surface area (Å²) >= 11 is 1.48. The number of nitrogens with zero attached hydrogens (tertiary/aromatic N) is 4. The van der Waals surface area contributed by atoms with E-state index in [1.807, 2.05) is 30.4 Å². The number of benzene rings is 1. The molecule has 4 rings (SSSR count). The highest BCUT2D eigenvalue weighted by atomic mass is 32.2. The quantitative estimate of drug-likeness (QED) is 0.387. The summed E-state index contributed by atoms with van der Waals surface area (Å²) in [4.78, 5) is 24.3. The molecule has 0 aliphatic heterocycles. The fraction of sp³-hybridized carbons (Fsp3) is 0.423. The van der Waals surface area contributed by atoms with Crippen LogP contribution in [0.4, 0.5) is 5.69 Å². The summed E-state index contributed by atoms with van der Waals surface area (Å²) in [5.41, 5.74) is 2.70. The smallest absolute Gasteiger partial charge is 0.246 e. The number of hydrogen-bond acceptors (Lipinski definition) is 8. The van der Waals surface area contributed by atoms with E-state index in [2.05, 4.69) is 10.3 Å². The molecule has 0 spiro atoms. The second kappa shape index (κ2) is 11.7. The SMILES string of the molecule is COc1cc(-c2cncc(-c3cc(NC(=O)CC4CCC4)cs3)n2)ccc1S(=O)(=O)N(C)CCN(C)C. The zero-order valence-corrected chi connectivity index (χ0v) is 23.2. The maximum atomic E-state index is 13.1. The summed E-state index contributed by atoms with van der Waals surface area (Å²) in [6, 6.07) is 6.83. The van der Waals surface area contributed by atoms with Crippen molar-refractivity contribution in [1.29, 1.82) is 0 Å². The van der Waals surface area contributed by atoms with E-state index in [4.69, 9.17) is 9.72 Å². The maximum Gasteiger partial charge on any atom is 0.246 e. The molecule has 1 saturated carbocycles. The van der Waals surface area contributed by atoms with E-state index in [0.29, 0.717) is 42.4 Å². The van der Waals surface area contributed by atoms with E-state index in [1.165, 1.54) is 29.2 Å². The first-order chi connectivity index (χ1) is 17.7. The van der Waals surface area contributed by atoms with Crippen LogP contribution < -0.4 is 10.1 Å². The Morgan fingerprint density at radius 1 is 1.14 bits per heavy atom. The van der Waals surface area contributed by atoms with Crippen molar-refractivity contribution in [2.75, 3.05) is 46.7 Å². The molecule has 0 saturated heterocycles. The Bertz CT molecular complexity index is 1350. The van der Waals surface area contributed by atoms with Gasteiger partial charge in [-0.2, -0.15) is 4.31 Å². The van der Waals surface area contributed by atoms with Crippen LogP contribution in [0.1, 0.15) is 25.7 Å². The van der Waals surface area contributed by atoms with Gasteiger partial charge in [0.25, 0.3) is 0 Å². The lowest BCUT2D eigenvalue weighted by Crippen LogP contribution is -2.33. The highest BCUT2D eigenvalue weighted by Gasteiger charge is 2.25. The summed E-state index contributed by atoms with van der Waals surface area (Å²) in [7, 11) is 3.08. The lowest BCUT2D eigenvalue weighted by Gasteiger charge is -2.24. The lowest BCUT2D eigenvalue weighted by molar-refractivity contribution is -0.117. The van der Waals surface area contributed by atoms with Crippen LogP contribution in [0.15, 0.2) is 46.9 Å². The Morgan fingerprint density at radius 2 is 1.89 bits per heavy atom. The van der Waals surface area contributed by atoms with Gasteiger partial charge in [-0.15, -0.1) is 11.3 Å². The minimum atomic E-state index is -3.73. The molecule has 0 unspecified atom stereocenters. The topological polar surface area (TPSA) is 105 Å². The number of rotatable bonds is 11. The first kappa shape index (κ1) is 27.2. The van der Waals surface area contributed by atoms with Crippen molar-refractivity contribution in [2.45, 2.75) is 30.6 Å². The number of methoxy groups -OCH3 is 1. The monoisotopic (exact) mass is 543 g/mol. The predicted molar refractivity (Wildman–Crippen MR) is 146 cm³/mol. The molecule has 11 heteroatoms. The third-order valence-electron chi connectivity index (χ3n) is 6.48. The predicted octanol–water partition coefficient (Wildman–Crippen LogP) is 4.19. The van der Waals surface area contributed by atoms with Gasteiger partial charge >= 0.3 is 0 Å². The van der Waals surface area contributed by atoms with E-state index in [9.17, 15) is 13.2 Å². The van der Waals surface area contributed by atoms with Crippen molar-refractivity contribution >= 4 is 33.0 Å². The van der Waals surface area contributed by atoms with Gasteiger partial charge in [0.05, 0.1) is 41.5 Å². The largest absolute Gasteiger partial charge is 0.495 e. The second-order valence-electron chi connectivity index (χ2n) is 9.53. The molecule has 1 N–H and O–H groups in total. The third-order valence-corrected chi connectivity index (χ3v) is 9.33. The van der Waals surface area contributed by atoms with E-state index in [0.717, 1.165) is 23.4 Å². The van der Waals surface area contributed by atoms with Gasteiger partial charge in [0.1, 0.15) is 10.6 Å². The zero-order valence-electron chi connectivity index (χ0n) is 21.6. The number of sulfonamides is 1. The molecule has 9 nitrogen and oxygen atoms in total. The van der Waals surface area contributed by atoms with Crippen LogP contribution in [0.3, 0.4) is 0 Å². The van der Waals surface area contributed by atoms with Gasteiger partial charge in [0, 0.05) is 37.5 Å². The van der Waals surface area contributed by atoms with E-state index in [-0.39, 0.29) is 16.6 Å². The Hall–Kier alpha value is -2.86. The molecule has 2 aromatic heterocycles. The number of carbonyl (C=O) groups excluding carboxylic acids is 1. The molecule has 37 heavy (non-hydrogen) atoms. The molecule has 1 fully saturated rings. The van der Waals surface area contributed by atoms with Crippen molar-refractivity contribution in [3.63, 3.8) is 0 Å². The number of hydrogen-bond donors (Lipinski definition) is 1. The first-order valence-electron chi connectivity index (χ1n) is 12.2. The van der Waals surface area contributed by atoms with Crippen molar-refractivity contribution in [1.82, 2.24) is 19.2 Å². The molecule has 0 bridgehead atoms. The van der Waals surface area contributed by atoms with Gasteiger partial charge in [-0.25, -0.2) is 13.4 Å². The van der Waals surface area contributed by atoms with E-state index < -0.39 is 10.0 Å². The van der Waals surface area contributed by atoms with Gasteiger partial charge in [0.2, 0.25) is 15.9 Å². The molecule has 1 amide bonds. The Labute approximate surface area is 222 Å². The standard InChI is InChI=1S/C26H33N5O4S2/c1-30(2)10-11-31(3)37(33,34)25-9-8-19(13-23(25)35-4)21-15-27-16-22(29-21)24-14-20(17-36-24)28-26(32)12-18-6-5-7-18/h8-9,13-18H,5-7,10-12H2,1-4H3,(H,28,32). The molecule has 1 aliphatic rings. The molecule has 1 aliphatic carbocycles. The van der Waals surface area contributed by atoms with E-state index in [1.54, 1.807) is 37.6 Å². The maximum absolute atomic E-state index is 13.1. The van der Waals surface area contributed by atoms with Crippen LogP contribution >= 0.6 is 11.3 Å². The summed E-state index contributed by atoms with van der Waals surface area (Å²) in [5.74, 6) is 0.801. The Balaban J connectivity index is 1.53. The first-order valence-corrected chi connectivity index (χ1v) is 14.5. The van der Waals surface area contributed by atoms with Gasteiger partial charge in [-0.1, -0.05) is 12.5 Å². The number of amides is 1. The lowest BCUT2D eigenvalue weighted by atomic mass is 9.83. The van der Waals surface area contributed by atoms with Crippen LogP contribution in [0.5, 0.6) is 5.75 Å². The van der Waals surface area contributed by atoms with Crippen molar-refractivity contribution in [3.05, 3.63) is 42.0 Å². The number of ether oxygens (including phenoxy) is 1. The zero-order chi connectivity index (χ0) is 26.6.